The van der Waals surface area contributed by atoms with Crippen LogP contribution in [0.15, 0.2) is 42.5 Å². The zero-order valence-electron chi connectivity index (χ0n) is 9.94. The molecule has 0 aromatic heterocycles. The van der Waals surface area contributed by atoms with Crippen LogP contribution in [-0.4, -0.2) is 63.3 Å². The third-order valence-corrected chi connectivity index (χ3v) is 2.10. The van der Waals surface area contributed by atoms with Crippen LogP contribution >= 0.6 is 0 Å². The number of benzene rings is 2. The maximum absolute atomic E-state index is 9.08. The van der Waals surface area contributed by atoms with E-state index < -0.39 is 7.12 Å². The fourth-order valence-electron chi connectivity index (χ4n) is 1.48. The van der Waals surface area contributed by atoms with Crippen molar-refractivity contribution in [3.05, 3.63) is 42.5 Å². The van der Waals surface area contributed by atoms with Gasteiger partial charge in [0.05, 0.1) is 0 Å². The van der Waals surface area contributed by atoms with Gasteiger partial charge in [-0.2, -0.15) is 0 Å². The Kier molecular flexibility index (Phi) is 26.8. The predicted octanol–water partition coefficient (Wildman–Crippen LogP) is -12.2. The summed E-state index contributed by atoms with van der Waals surface area (Å²) in [5, 5.41) is 20.1. The molecular weight excluding hydrogens is 353 g/mol. The van der Waals surface area contributed by atoms with Crippen LogP contribution in [-0.2, 0) is 0 Å². The smallest absolute Gasteiger partial charge is 1.00 e. The normalized spacial score (nSPS) is 7.05. The molecule has 0 aliphatic carbocycles. The van der Waals surface area contributed by atoms with Gasteiger partial charge in [0.25, 0.3) is 0 Å². The third kappa shape index (κ3) is 8.41. The molecule has 0 atom stereocenters. The van der Waals surface area contributed by atoms with E-state index in [0.29, 0.717) is 5.46 Å². The van der Waals surface area contributed by atoms with Gasteiger partial charge in [-0.15, -0.1) is 0 Å². The van der Waals surface area contributed by atoms with Crippen molar-refractivity contribution in [1.82, 2.24) is 0 Å². The molecule has 0 aliphatic rings. The largest absolute Gasteiger partial charge is 2.00 e. The first kappa shape index (κ1) is 32.4. The molecule has 9 heteroatoms. The Morgan fingerprint density at radius 1 is 0.684 bits per heavy atom. The number of halogens is 4. The van der Waals surface area contributed by atoms with Crippen LogP contribution in [0.5, 0.6) is 0 Å². The zero-order chi connectivity index (χ0) is 9.26. The minimum Gasteiger partial charge on any atom is -1.00 e. The Labute approximate surface area is 170 Å². The van der Waals surface area contributed by atoms with Gasteiger partial charge in [0.2, 0.25) is 0 Å². The summed E-state index contributed by atoms with van der Waals surface area (Å²) >= 11 is 0. The summed E-state index contributed by atoms with van der Waals surface area (Å²) in [6, 6.07) is 13.1. The summed E-state index contributed by atoms with van der Waals surface area (Å²) in [5.74, 6) is 0. The number of fused-ring (bicyclic) bond motifs is 1. The van der Waals surface area contributed by atoms with E-state index in [2.05, 4.69) is 0 Å². The average Bonchev–Trinajstić information content (AvgIpc) is 2.17. The topological polar surface area (TPSA) is 40.5 Å². The molecule has 96 valence electrons. The van der Waals surface area contributed by atoms with E-state index in [4.69, 9.17) is 10.0 Å². The van der Waals surface area contributed by atoms with E-state index in [-0.39, 0.29) is 95.7 Å². The molecule has 0 spiro atoms. The first-order valence-electron chi connectivity index (χ1n) is 4.13. The van der Waals surface area contributed by atoms with E-state index in [1.54, 1.807) is 6.07 Å². The monoisotopic (exact) mass is 360 g/mol. The second-order valence-corrected chi connectivity index (χ2v) is 2.94. The van der Waals surface area contributed by atoms with Gasteiger partial charge in [-0.3, -0.25) is 0 Å². The van der Waals surface area contributed by atoms with E-state index in [1.807, 2.05) is 36.4 Å². The molecule has 0 aliphatic heterocycles. The quantitative estimate of drug-likeness (QED) is 0.495. The summed E-state index contributed by atoms with van der Waals surface area (Å²) in [6.07, 6.45) is 0. The van der Waals surface area contributed by atoms with Gasteiger partial charge in [0.1, 0.15) is 0 Å². The fourth-order valence-corrected chi connectivity index (χ4v) is 1.48. The van der Waals surface area contributed by atoms with Crippen LogP contribution in [0.25, 0.3) is 10.8 Å². The molecule has 2 aromatic carbocycles. The van der Waals surface area contributed by atoms with Crippen LogP contribution in [0.2, 0.25) is 0 Å². The molecule has 0 radical (unpaired) electrons. The summed E-state index contributed by atoms with van der Waals surface area (Å²) < 4.78 is 0. The Bertz CT molecular complexity index is 443. The molecule has 19 heavy (non-hydrogen) atoms. The molecule has 0 unspecified atom stereocenters. The van der Waals surface area contributed by atoms with Gasteiger partial charge in [0.15, 0.2) is 0 Å². The van der Waals surface area contributed by atoms with Crippen molar-refractivity contribution >= 4 is 69.5 Å². The van der Waals surface area contributed by atoms with Gasteiger partial charge in [0, 0.05) is 0 Å². The van der Waals surface area contributed by atoms with Crippen molar-refractivity contribution in [2.24, 2.45) is 0 Å². The van der Waals surface area contributed by atoms with Crippen LogP contribution in [0.3, 0.4) is 0 Å². The van der Waals surface area contributed by atoms with Crippen molar-refractivity contribution < 1.29 is 59.7 Å². The molecule has 0 fully saturated rings. The van der Waals surface area contributed by atoms with E-state index in [0.717, 1.165) is 10.8 Å². The zero-order valence-corrected chi connectivity index (χ0v) is 15.8. The SMILES string of the molecule is OB(O)c1cccc2ccccc12.[Cl-].[Cl-].[Cl-].[Cl-].[Mg+2].[Mg+2]. The van der Waals surface area contributed by atoms with Crippen molar-refractivity contribution in [2.45, 2.75) is 0 Å². The molecule has 2 rings (SSSR count). The number of rotatable bonds is 1. The van der Waals surface area contributed by atoms with Gasteiger partial charge < -0.3 is 59.7 Å². The predicted molar refractivity (Wildman–Crippen MR) is 65.3 cm³/mol. The van der Waals surface area contributed by atoms with Gasteiger partial charge in [-0.25, -0.2) is 0 Å². The van der Waals surface area contributed by atoms with E-state index in [1.165, 1.54) is 0 Å². The Morgan fingerprint density at radius 2 is 1.16 bits per heavy atom. The van der Waals surface area contributed by atoms with Crippen LogP contribution in [0.4, 0.5) is 0 Å². The number of hydrogen-bond donors (Lipinski definition) is 2. The average molecular weight is 362 g/mol. The summed E-state index contributed by atoms with van der Waals surface area (Å²) in [4.78, 5) is 0. The second kappa shape index (κ2) is 15.8. The molecule has 2 N–H and O–H groups in total. The Morgan fingerprint density at radius 3 is 1.68 bits per heavy atom. The molecule has 0 saturated heterocycles. The van der Waals surface area contributed by atoms with Crippen molar-refractivity contribution in [2.75, 3.05) is 0 Å². The Hall–Kier alpha value is 1.38. The molecule has 0 heterocycles. The van der Waals surface area contributed by atoms with Crippen molar-refractivity contribution in [3.63, 3.8) is 0 Å². The third-order valence-electron chi connectivity index (χ3n) is 2.10. The van der Waals surface area contributed by atoms with Crippen molar-refractivity contribution in [1.29, 1.82) is 0 Å². The van der Waals surface area contributed by atoms with Crippen LogP contribution in [0, 0.1) is 0 Å². The first-order chi connectivity index (χ1) is 6.29. The summed E-state index contributed by atoms with van der Waals surface area (Å²) in [6.45, 7) is 0. The van der Waals surface area contributed by atoms with Crippen LogP contribution in [0.1, 0.15) is 0 Å². The first-order valence-corrected chi connectivity index (χ1v) is 4.13. The van der Waals surface area contributed by atoms with E-state index in [9.17, 15) is 0 Å². The molecule has 0 amide bonds. The maximum atomic E-state index is 9.08. The number of hydrogen-bond acceptors (Lipinski definition) is 2. The summed E-state index contributed by atoms with van der Waals surface area (Å²) in [5.41, 5.74) is 0.554. The minimum atomic E-state index is -1.40. The molecule has 0 saturated carbocycles. The summed E-state index contributed by atoms with van der Waals surface area (Å²) in [7, 11) is -1.40. The maximum Gasteiger partial charge on any atom is 2.00 e. The molecular formula is C10H9BCl4Mg2O2. The van der Waals surface area contributed by atoms with Gasteiger partial charge >= 0.3 is 53.2 Å². The van der Waals surface area contributed by atoms with Crippen molar-refractivity contribution in [3.8, 4) is 0 Å². The van der Waals surface area contributed by atoms with Gasteiger partial charge in [-0.05, 0) is 16.2 Å². The molecule has 2 aromatic rings. The standard InChI is InChI=1S/C10H9BO2.4ClH.2Mg/c12-11(13)10-7-3-5-8-4-1-2-6-9(8)10;;;;;;/h1-7,12-13H;4*1H;;/q;;;;;2*+2/p-4. The Balaban J connectivity index is -0.000000109. The molecule has 0 bridgehead atoms. The molecule has 2 nitrogen and oxygen atoms in total. The van der Waals surface area contributed by atoms with E-state index >= 15 is 0 Å². The van der Waals surface area contributed by atoms with Crippen LogP contribution < -0.4 is 55.1 Å². The van der Waals surface area contributed by atoms with Gasteiger partial charge in [-0.1, -0.05) is 42.5 Å². The minimum absolute atomic E-state index is 0. The second-order valence-electron chi connectivity index (χ2n) is 2.94. The fraction of sp³-hybridized carbons (Fsp3) is 0.